The monoisotopic (exact) mass is 602 g/mol. The number of rotatable bonds is 10. The number of carbonyl (C=O) groups excluding carboxylic acids is 2. The summed E-state index contributed by atoms with van der Waals surface area (Å²) < 4.78 is 23.3. The zero-order chi connectivity index (χ0) is 31.0. The highest BCUT2D eigenvalue weighted by Gasteiger charge is 2.41. The maximum Gasteiger partial charge on any atom is 0.256 e. The van der Waals surface area contributed by atoms with Crippen LogP contribution in [0.5, 0.6) is 23.0 Å². The summed E-state index contributed by atoms with van der Waals surface area (Å²) in [7, 11) is 3.17. The van der Waals surface area contributed by atoms with Crippen LogP contribution in [0.15, 0.2) is 41.4 Å². The Morgan fingerprint density at radius 3 is 2.27 bits per heavy atom. The first-order chi connectivity index (χ1) is 21.2. The van der Waals surface area contributed by atoms with Crippen LogP contribution in [0.4, 0.5) is 11.4 Å². The third-order valence-corrected chi connectivity index (χ3v) is 8.91. The van der Waals surface area contributed by atoms with Crippen molar-refractivity contribution in [2.45, 2.75) is 58.0 Å². The van der Waals surface area contributed by atoms with Gasteiger partial charge < -0.3 is 34.1 Å². The van der Waals surface area contributed by atoms with Gasteiger partial charge in [-0.25, -0.2) is 0 Å². The second-order valence-corrected chi connectivity index (χ2v) is 12.9. The van der Waals surface area contributed by atoms with E-state index in [-0.39, 0.29) is 29.3 Å². The van der Waals surface area contributed by atoms with Crippen LogP contribution in [-0.2, 0) is 0 Å². The largest absolute Gasteiger partial charge is 0.493 e. The van der Waals surface area contributed by atoms with Crippen LogP contribution in [0.2, 0.25) is 0 Å². The summed E-state index contributed by atoms with van der Waals surface area (Å²) in [5.41, 5.74) is 3.67. The van der Waals surface area contributed by atoms with Crippen molar-refractivity contribution in [3.8, 4) is 23.0 Å². The molecule has 44 heavy (non-hydrogen) atoms. The molecule has 2 aromatic rings. The van der Waals surface area contributed by atoms with Crippen molar-refractivity contribution in [1.29, 1.82) is 0 Å². The molecular formula is C34H42N4O6. The maximum absolute atomic E-state index is 13.3. The number of amides is 2. The Morgan fingerprint density at radius 2 is 1.57 bits per heavy atom. The predicted octanol–water partition coefficient (Wildman–Crippen LogP) is 5.48. The number of hydrogen-bond donors (Lipinski definition) is 1. The van der Waals surface area contributed by atoms with Gasteiger partial charge in [-0.2, -0.15) is 0 Å². The Labute approximate surface area is 259 Å². The molecule has 2 aromatic carbocycles. The lowest BCUT2D eigenvalue weighted by atomic mass is 9.91. The van der Waals surface area contributed by atoms with Gasteiger partial charge in [0, 0.05) is 38.0 Å². The summed E-state index contributed by atoms with van der Waals surface area (Å²) in [6, 6.07) is 7.32. The standard InChI is InChI=1S/C34H42N4O6/c1-21-11-22-17-35-26-14-30(28(41-4)12-24(26)32(39)37(22)19-21)43-9-7-6-8-10-44-31-15-27-25(13-29(31)42-5)33(40)38-20-34(2,3)16-23(38)18-36-27/h12-15,18,22-23,35H,1,6-11,16-17,19-20H2,2-5H3/t22?,23-/m0/s1. The number of aliphatic imine (C=N–C) groups is 1. The first kappa shape index (κ1) is 29.8. The molecule has 0 bridgehead atoms. The fourth-order valence-corrected chi connectivity index (χ4v) is 6.68. The van der Waals surface area contributed by atoms with E-state index in [2.05, 4.69) is 30.7 Å². The van der Waals surface area contributed by atoms with Gasteiger partial charge in [-0.05, 0) is 49.7 Å². The molecule has 0 saturated carbocycles. The molecule has 0 radical (unpaired) electrons. The molecule has 10 nitrogen and oxygen atoms in total. The molecule has 4 aliphatic rings. The molecule has 1 N–H and O–H groups in total. The number of carbonyl (C=O) groups is 2. The number of anilines is 1. The van der Waals surface area contributed by atoms with Crippen LogP contribution in [0.25, 0.3) is 0 Å². The summed E-state index contributed by atoms with van der Waals surface area (Å²) in [5, 5.41) is 3.42. The number of nitrogens with one attached hydrogen (secondary N) is 1. The van der Waals surface area contributed by atoms with Crippen molar-refractivity contribution >= 4 is 29.4 Å². The summed E-state index contributed by atoms with van der Waals surface area (Å²) in [5.74, 6) is 2.24. The highest BCUT2D eigenvalue weighted by atomic mass is 16.5. The van der Waals surface area contributed by atoms with Crippen molar-refractivity contribution in [3.63, 3.8) is 0 Å². The minimum absolute atomic E-state index is 0.00517. The Hall–Kier alpha value is -4.21. The van der Waals surface area contributed by atoms with E-state index in [9.17, 15) is 9.59 Å². The lowest BCUT2D eigenvalue weighted by Gasteiger charge is -2.22. The molecule has 0 aliphatic carbocycles. The topological polar surface area (TPSA) is 102 Å². The van der Waals surface area contributed by atoms with Gasteiger partial charge in [0.15, 0.2) is 23.0 Å². The lowest BCUT2D eigenvalue weighted by Crippen LogP contribution is -2.36. The zero-order valence-corrected chi connectivity index (χ0v) is 26.1. The van der Waals surface area contributed by atoms with Gasteiger partial charge in [0.2, 0.25) is 0 Å². The second-order valence-electron chi connectivity index (χ2n) is 12.9. The van der Waals surface area contributed by atoms with Crippen LogP contribution in [0.3, 0.4) is 0 Å². The fourth-order valence-electron chi connectivity index (χ4n) is 6.68. The van der Waals surface area contributed by atoms with Crippen molar-refractivity contribution in [3.05, 3.63) is 47.5 Å². The minimum atomic E-state index is -0.0157. The molecule has 2 fully saturated rings. The summed E-state index contributed by atoms with van der Waals surface area (Å²) in [6.45, 7) is 11.4. The first-order valence-electron chi connectivity index (χ1n) is 15.4. The molecule has 6 rings (SSSR count). The number of ether oxygens (including phenoxy) is 4. The third-order valence-electron chi connectivity index (χ3n) is 8.91. The number of benzene rings is 2. The highest BCUT2D eigenvalue weighted by molar-refractivity contribution is 6.04. The van der Waals surface area contributed by atoms with E-state index in [4.69, 9.17) is 18.9 Å². The molecule has 10 heteroatoms. The molecule has 234 valence electrons. The summed E-state index contributed by atoms with van der Waals surface area (Å²) in [6.07, 6.45) is 6.13. The molecule has 2 atom stereocenters. The van der Waals surface area contributed by atoms with Gasteiger partial charge in [-0.1, -0.05) is 26.0 Å². The summed E-state index contributed by atoms with van der Waals surface area (Å²) in [4.78, 5) is 35.0. The van der Waals surface area contributed by atoms with E-state index >= 15 is 0 Å². The average Bonchev–Trinajstić information content (AvgIpc) is 3.47. The van der Waals surface area contributed by atoms with Crippen molar-refractivity contribution in [2.75, 3.05) is 52.4 Å². The van der Waals surface area contributed by atoms with Gasteiger partial charge in [0.1, 0.15) is 0 Å². The van der Waals surface area contributed by atoms with E-state index < -0.39 is 0 Å². The smallest absolute Gasteiger partial charge is 0.256 e. The van der Waals surface area contributed by atoms with E-state index in [0.29, 0.717) is 72.7 Å². The van der Waals surface area contributed by atoms with Crippen molar-refractivity contribution in [2.24, 2.45) is 10.4 Å². The van der Waals surface area contributed by atoms with Gasteiger partial charge in [0.25, 0.3) is 11.8 Å². The van der Waals surface area contributed by atoms with Crippen LogP contribution in [0.1, 0.15) is 66.7 Å². The van der Waals surface area contributed by atoms with E-state index in [1.807, 2.05) is 28.1 Å². The van der Waals surface area contributed by atoms with Crippen molar-refractivity contribution in [1.82, 2.24) is 9.80 Å². The number of hydrogen-bond acceptors (Lipinski definition) is 8. The fraction of sp³-hybridized carbons (Fsp3) is 0.500. The van der Waals surface area contributed by atoms with Crippen molar-refractivity contribution < 1.29 is 28.5 Å². The Kier molecular flexibility index (Phi) is 8.18. The molecule has 2 amide bonds. The zero-order valence-electron chi connectivity index (χ0n) is 26.1. The van der Waals surface area contributed by atoms with Gasteiger partial charge in [-0.3, -0.25) is 14.6 Å². The predicted molar refractivity (Wildman–Crippen MR) is 169 cm³/mol. The number of fused-ring (bicyclic) bond motifs is 4. The molecule has 4 aliphatic heterocycles. The van der Waals surface area contributed by atoms with Crippen LogP contribution < -0.4 is 24.3 Å². The van der Waals surface area contributed by atoms with E-state index in [0.717, 1.165) is 43.4 Å². The molecule has 0 spiro atoms. The molecule has 1 unspecified atom stereocenters. The summed E-state index contributed by atoms with van der Waals surface area (Å²) >= 11 is 0. The number of methoxy groups -OCH3 is 2. The van der Waals surface area contributed by atoms with Gasteiger partial charge in [0.05, 0.1) is 62.0 Å². The Bertz CT molecular complexity index is 1500. The highest BCUT2D eigenvalue weighted by Crippen LogP contribution is 2.41. The lowest BCUT2D eigenvalue weighted by molar-refractivity contribution is 0.0748. The molecule has 0 aromatic heterocycles. The SMILES string of the molecule is C=C1CC2CNc3cc(OCCCCCOc4cc5c(cc4OC)C(=O)N4CC(C)(C)C[C@H]4C=N5)c(OC)cc3C(=O)N2C1. The van der Waals surface area contributed by atoms with E-state index in [1.54, 1.807) is 26.4 Å². The normalized spacial score (nSPS) is 21.5. The average molecular weight is 603 g/mol. The maximum atomic E-state index is 13.3. The quantitative estimate of drug-likeness (QED) is 0.284. The number of unbranched alkanes of at least 4 members (excludes halogenated alkanes) is 2. The molecular weight excluding hydrogens is 560 g/mol. The molecule has 4 heterocycles. The third kappa shape index (κ3) is 5.81. The number of nitrogens with zero attached hydrogens (tertiary/aromatic N) is 3. The second kappa shape index (κ2) is 12.1. The Balaban J connectivity index is 1.01. The molecule has 2 saturated heterocycles. The minimum Gasteiger partial charge on any atom is -0.493 e. The van der Waals surface area contributed by atoms with Crippen LogP contribution in [0, 0.1) is 5.41 Å². The van der Waals surface area contributed by atoms with E-state index in [1.165, 1.54) is 0 Å². The van der Waals surface area contributed by atoms with Crippen LogP contribution in [-0.4, -0.2) is 87.0 Å². The van der Waals surface area contributed by atoms with Gasteiger partial charge in [-0.15, -0.1) is 0 Å². The van der Waals surface area contributed by atoms with Crippen LogP contribution >= 0.6 is 0 Å². The van der Waals surface area contributed by atoms with Gasteiger partial charge >= 0.3 is 0 Å². The Morgan fingerprint density at radius 1 is 0.909 bits per heavy atom. The first-order valence-corrected chi connectivity index (χ1v) is 15.4.